The topological polar surface area (TPSA) is 66.9 Å². The Kier molecular flexibility index (Phi) is 3.02. The molecule has 4 nitrogen and oxygen atoms in total. The number of hydrogen-bond donors (Lipinski definition) is 0. The molecule has 0 atom stereocenters. The van der Waals surface area contributed by atoms with E-state index in [9.17, 15) is 14.5 Å². The lowest BCUT2D eigenvalue weighted by Crippen LogP contribution is -1.91. The van der Waals surface area contributed by atoms with Crippen molar-refractivity contribution in [2.45, 2.75) is 0 Å². The van der Waals surface area contributed by atoms with Gasteiger partial charge in [0.1, 0.15) is 5.82 Å². The second-order valence-corrected chi connectivity index (χ2v) is 3.61. The van der Waals surface area contributed by atoms with E-state index in [0.717, 1.165) is 18.2 Å². The second-order valence-electron chi connectivity index (χ2n) is 3.61. The standard InChI is InChI=1S/C13H7FN2O2/c14-13-5-4-11(16(17)18)7-12(13)10-3-1-2-9(6-10)8-15/h1-7H. The molecule has 0 bridgehead atoms. The molecule has 0 N–H and O–H groups in total. The van der Waals surface area contributed by atoms with E-state index in [0.29, 0.717) is 11.1 Å². The van der Waals surface area contributed by atoms with Gasteiger partial charge in [0.05, 0.1) is 16.6 Å². The van der Waals surface area contributed by atoms with E-state index >= 15 is 0 Å². The summed E-state index contributed by atoms with van der Waals surface area (Å²) < 4.78 is 13.6. The molecule has 2 rings (SSSR count). The summed E-state index contributed by atoms with van der Waals surface area (Å²) in [5.41, 5.74) is 0.740. The van der Waals surface area contributed by atoms with Crippen molar-refractivity contribution in [3.05, 3.63) is 64.0 Å². The van der Waals surface area contributed by atoms with Crippen LogP contribution in [0.5, 0.6) is 0 Å². The minimum absolute atomic E-state index is 0.112. The molecule has 88 valence electrons. The van der Waals surface area contributed by atoms with Crippen LogP contribution in [0.25, 0.3) is 11.1 Å². The Morgan fingerprint density at radius 3 is 2.67 bits per heavy atom. The molecule has 0 saturated carbocycles. The van der Waals surface area contributed by atoms with E-state index in [4.69, 9.17) is 5.26 Å². The average molecular weight is 242 g/mol. The molecule has 2 aromatic rings. The minimum atomic E-state index is -0.586. The van der Waals surface area contributed by atoms with E-state index in [2.05, 4.69) is 0 Å². The van der Waals surface area contributed by atoms with Crippen molar-refractivity contribution in [2.75, 3.05) is 0 Å². The molecule has 0 saturated heterocycles. The van der Waals surface area contributed by atoms with Crippen molar-refractivity contribution in [3.8, 4) is 17.2 Å². The maximum atomic E-state index is 13.6. The van der Waals surface area contributed by atoms with Crippen LogP contribution in [0.3, 0.4) is 0 Å². The molecule has 0 aliphatic carbocycles. The van der Waals surface area contributed by atoms with Gasteiger partial charge >= 0.3 is 0 Å². The number of benzene rings is 2. The molecular weight excluding hydrogens is 235 g/mol. The summed E-state index contributed by atoms with van der Waals surface area (Å²) in [5, 5.41) is 19.4. The molecule has 0 aromatic heterocycles. The summed E-state index contributed by atoms with van der Waals surface area (Å²) in [4.78, 5) is 10.1. The first-order valence-corrected chi connectivity index (χ1v) is 5.06. The van der Waals surface area contributed by atoms with Gasteiger partial charge in [-0.2, -0.15) is 5.26 Å². The normalized spacial score (nSPS) is 9.78. The highest BCUT2D eigenvalue weighted by Gasteiger charge is 2.12. The molecule has 0 heterocycles. The Bertz CT molecular complexity index is 662. The van der Waals surface area contributed by atoms with Gasteiger partial charge in [0.25, 0.3) is 5.69 Å². The fraction of sp³-hybridized carbons (Fsp3) is 0. The van der Waals surface area contributed by atoms with Gasteiger partial charge in [0.15, 0.2) is 0 Å². The van der Waals surface area contributed by atoms with Crippen molar-refractivity contribution < 1.29 is 9.31 Å². The maximum Gasteiger partial charge on any atom is 0.270 e. The van der Waals surface area contributed by atoms with Gasteiger partial charge in [-0.1, -0.05) is 12.1 Å². The Balaban J connectivity index is 2.59. The predicted octanol–water partition coefficient (Wildman–Crippen LogP) is 3.27. The first-order valence-electron chi connectivity index (χ1n) is 5.06. The molecule has 0 amide bonds. The van der Waals surface area contributed by atoms with Crippen molar-refractivity contribution in [1.29, 1.82) is 5.26 Å². The number of hydrogen-bond acceptors (Lipinski definition) is 3. The minimum Gasteiger partial charge on any atom is -0.258 e. The van der Waals surface area contributed by atoms with Gasteiger partial charge in [0, 0.05) is 17.7 Å². The Morgan fingerprint density at radius 1 is 1.22 bits per heavy atom. The molecule has 0 fully saturated rings. The first-order chi connectivity index (χ1) is 8.61. The zero-order valence-corrected chi connectivity index (χ0v) is 9.13. The van der Waals surface area contributed by atoms with Gasteiger partial charge < -0.3 is 0 Å². The summed E-state index contributed by atoms with van der Waals surface area (Å²) in [7, 11) is 0. The fourth-order valence-corrected chi connectivity index (χ4v) is 1.60. The molecule has 0 unspecified atom stereocenters. The van der Waals surface area contributed by atoms with E-state index < -0.39 is 10.7 Å². The van der Waals surface area contributed by atoms with Gasteiger partial charge in [-0.15, -0.1) is 0 Å². The number of nitro groups is 1. The zero-order valence-electron chi connectivity index (χ0n) is 9.13. The number of halogens is 1. The molecule has 0 aliphatic heterocycles. The van der Waals surface area contributed by atoms with Crippen LogP contribution in [0.4, 0.5) is 10.1 Å². The third kappa shape index (κ3) is 2.18. The first kappa shape index (κ1) is 11.7. The van der Waals surface area contributed by atoms with Crippen LogP contribution in [0.15, 0.2) is 42.5 Å². The summed E-state index contributed by atoms with van der Waals surface area (Å²) in [6.45, 7) is 0. The molecular formula is C13H7FN2O2. The van der Waals surface area contributed by atoms with Crippen LogP contribution in [0.2, 0.25) is 0 Å². The smallest absolute Gasteiger partial charge is 0.258 e. The van der Waals surface area contributed by atoms with Crippen molar-refractivity contribution in [2.24, 2.45) is 0 Å². The molecule has 18 heavy (non-hydrogen) atoms. The monoisotopic (exact) mass is 242 g/mol. The van der Waals surface area contributed by atoms with Crippen LogP contribution in [-0.4, -0.2) is 4.92 Å². The molecule has 2 aromatic carbocycles. The largest absolute Gasteiger partial charge is 0.270 e. The SMILES string of the molecule is N#Cc1cccc(-c2cc([N+](=O)[O-])ccc2F)c1. The van der Waals surface area contributed by atoms with E-state index in [1.807, 2.05) is 6.07 Å². The summed E-state index contributed by atoms with van der Waals surface area (Å²) >= 11 is 0. The summed E-state index contributed by atoms with van der Waals surface area (Å²) in [5.74, 6) is -0.560. The lowest BCUT2D eigenvalue weighted by molar-refractivity contribution is -0.384. The summed E-state index contributed by atoms with van der Waals surface area (Å²) in [6.07, 6.45) is 0. The lowest BCUT2D eigenvalue weighted by Gasteiger charge is -2.03. The van der Waals surface area contributed by atoms with Crippen molar-refractivity contribution in [3.63, 3.8) is 0 Å². The Hall–Kier alpha value is -2.74. The van der Waals surface area contributed by atoms with Crippen LogP contribution >= 0.6 is 0 Å². The van der Waals surface area contributed by atoms with Gasteiger partial charge in [0.2, 0.25) is 0 Å². The Labute approximate surface area is 102 Å². The maximum absolute atomic E-state index is 13.6. The average Bonchev–Trinajstić information content (AvgIpc) is 2.39. The third-order valence-corrected chi connectivity index (χ3v) is 2.46. The van der Waals surface area contributed by atoms with Crippen LogP contribution in [-0.2, 0) is 0 Å². The summed E-state index contributed by atoms with van der Waals surface area (Å²) in [6, 6.07) is 11.5. The third-order valence-electron chi connectivity index (χ3n) is 2.46. The van der Waals surface area contributed by atoms with E-state index in [1.165, 1.54) is 6.07 Å². The highest BCUT2D eigenvalue weighted by molar-refractivity contribution is 5.68. The van der Waals surface area contributed by atoms with Crippen LogP contribution < -0.4 is 0 Å². The van der Waals surface area contributed by atoms with Gasteiger partial charge in [-0.05, 0) is 23.8 Å². The highest BCUT2D eigenvalue weighted by atomic mass is 19.1. The predicted molar refractivity (Wildman–Crippen MR) is 63.2 cm³/mol. The quantitative estimate of drug-likeness (QED) is 0.599. The van der Waals surface area contributed by atoms with Crippen molar-refractivity contribution in [1.82, 2.24) is 0 Å². The second kappa shape index (κ2) is 4.63. The Morgan fingerprint density at radius 2 is 2.00 bits per heavy atom. The molecule has 0 spiro atoms. The number of non-ortho nitro benzene ring substituents is 1. The van der Waals surface area contributed by atoms with Crippen LogP contribution in [0, 0.1) is 27.3 Å². The zero-order chi connectivity index (χ0) is 13.1. The van der Waals surface area contributed by atoms with Crippen molar-refractivity contribution >= 4 is 5.69 Å². The number of rotatable bonds is 2. The number of nitrogens with zero attached hydrogens (tertiary/aromatic N) is 2. The van der Waals surface area contributed by atoms with Crippen LogP contribution in [0.1, 0.15) is 5.56 Å². The highest BCUT2D eigenvalue weighted by Crippen LogP contribution is 2.27. The van der Waals surface area contributed by atoms with Gasteiger partial charge in [-0.25, -0.2) is 4.39 Å². The van der Waals surface area contributed by atoms with E-state index in [-0.39, 0.29) is 11.3 Å². The molecule has 0 aliphatic rings. The number of nitro benzene ring substituents is 1. The van der Waals surface area contributed by atoms with Gasteiger partial charge in [-0.3, -0.25) is 10.1 Å². The van der Waals surface area contributed by atoms with E-state index in [1.54, 1.807) is 18.2 Å². The molecule has 5 heteroatoms. The molecule has 0 radical (unpaired) electrons. The lowest BCUT2D eigenvalue weighted by atomic mass is 10.0. The fourth-order valence-electron chi connectivity index (χ4n) is 1.60. The number of nitriles is 1.